The van der Waals surface area contributed by atoms with Crippen molar-refractivity contribution < 1.29 is 13.9 Å². The van der Waals surface area contributed by atoms with Gasteiger partial charge in [0.05, 0.1) is 6.26 Å². The Balaban J connectivity index is 1.32. The quantitative estimate of drug-likeness (QED) is 0.608. The molecule has 1 atom stereocenters. The van der Waals surface area contributed by atoms with Gasteiger partial charge in [0.1, 0.15) is 5.76 Å². The van der Waals surface area contributed by atoms with Crippen LogP contribution in [0.15, 0.2) is 71.3 Å². The highest BCUT2D eigenvalue weighted by atomic mass is 16.7. The van der Waals surface area contributed by atoms with Gasteiger partial charge in [-0.1, -0.05) is 36.4 Å². The summed E-state index contributed by atoms with van der Waals surface area (Å²) in [5.74, 6) is 3.09. The summed E-state index contributed by atoms with van der Waals surface area (Å²) < 4.78 is 16.5. The molecule has 4 rings (SSSR count). The van der Waals surface area contributed by atoms with Crippen molar-refractivity contribution in [2.24, 2.45) is 0 Å². The van der Waals surface area contributed by atoms with Crippen LogP contribution >= 0.6 is 0 Å². The van der Waals surface area contributed by atoms with Crippen molar-refractivity contribution in [3.63, 3.8) is 0 Å². The van der Waals surface area contributed by atoms with E-state index in [1.807, 2.05) is 18.2 Å². The maximum absolute atomic E-state index is 5.68. The van der Waals surface area contributed by atoms with Crippen LogP contribution in [0.25, 0.3) is 0 Å². The fourth-order valence-corrected chi connectivity index (χ4v) is 3.33. The number of fused-ring (bicyclic) bond motifs is 1. The van der Waals surface area contributed by atoms with E-state index in [0.29, 0.717) is 12.7 Å². The molecule has 1 aromatic heterocycles. The molecule has 2 aromatic carbocycles. The third-order valence-electron chi connectivity index (χ3n) is 4.71. The van der Waals surface area contributed by atoms with Gasteiger partial charge >= 0.3 is 0 Å². The zero-order valence-corrected chi connectivity index (χ0v) is 14.7. The summed E-state index contributed by atoms with van der Waals surface area (Å²) in [5, 5.41) is 3.53. The summed E-state index contributed by atoms with van der Waals surface area (Å²) >= 11 is 0. The highest BCUT2D eigenvalue weighted by Gasteiger charge is 2.16. The van der Waals surface area contributed by atoms with Crippen LogP contribution in [0.4, 0.5) is 0 Å². The zero-order chi connectivity index (χ0) is 17.6. The molecule has 4 heteroatoms. The molecule has 1 N–H and O–H groups in total. The van der Waals surface area contributed by atoms with Gasteiger partial charge in [-0.3, -0.25) is 0 Å². The van der Waals surface area contributed by atoms with E-state index in [1.165, 1.54) is 11.1 Å². The molecule has 0 spiro atoms. The van der Waals surface area contributed by atoms with E-state index in [-0.39, 0.29) is 0 Å². The molecule has 2 heterocycles. The molecule has 1 aliphatic rings. The van der Waals surface area contributed by atoms with E-state index in [0.717, 1.165) is 43.2 Å². The smallest absolute Gasteiger partial charge is 0.231 e. The molecular formula is C22H23NO3. The first-order chi connectivity index (χ1) is 12.9. The number of benzene rings is 2. The van der Waals surface area contributed by atoms with E-state index < -0.39 is 0 Å². The van der Waals surface area contributed by atoms with Gasteiger partial charge < -0.3 is 19.2 Å². The highest BCUT2D eigenvalue weighted by Crippen LogP contribution is 2.32. The van der Waals surface area contributed by atoms with Gasteiger partial charge in [-0.05, 0) is 54.8 Å². The SMILES string of the molecule is c1ccc(C[C@H](CCNCc2ccc3c(c2)OCO3)c2ccco2)cc1. The van der Waals surface area contributed by atoms with Crippen LogP contribution in [0, 0.1) is 0 Å². The van der Waals surface area contributed by atoms with E-state index in [2.05, 4.69) is 47.8 Å². The van der Waals surface area contributed by atoms with Crippen LogP contribution in [0.1, 0.15) is 29.2 Å². The number of hydrogen-bond acceptors (Lipinski definition) is 4. The molecule has 0 saturated carbocycles. The number of hydrogen-bond donors (Lipinski definition) is 1. The molecule has 1 aliphatic heterocycles. The summed E-state index contributed by atoms with van der Waals surface area (Å²) in [6.45, 7) is 2.05. The Labute approximate surface area is 153 Å². The molecule has 4 nitrogen and oxygen atoms in total. The fourth-order valence-electron chi connectivity index (χ4n) is 3.33. The van der Waals surface area contributed by atoms with Crippen molar-refractivity contribution in [2.75, 3.05) is 13.3 Å². The topological polar surface area (TPSA) is 43.6 Å². The predicted octanol–water partition coefficient (Wildman–Crippen LogP) is 4.51. The Hall–Kier alpha value is -2.72. The second kappa shape index (κ2) is 8.11. The van der Waals surface area contributed by atoms with Crippen molar-refractivity contribution in [1.29, 1.82) is 0 Å². The summed E-state index contributed by atoms with van der Waals surface area (Å²) in [4.78, 5) is 0. The largest absolute Gasteiger partial charge is 0.469 e. The molecular weight excluding hydrogens is 326 g/mol. The number of rotatable bonds is 8. The maximum Gasteiger partial charge on any atom is 0.231 e. The summed E-state index contributed by atoms with van der Waals surface area (Å²) in [5.41, 5.74) is 2.54. The number of nitrogens with one attached hydrogen (secondary N) is 1. The van der Waals surface area contributed by atoms with E-state index >= 15 is 0 Å². The molecule has 0 radical (unpaired) electrons. The lowest BCUT2D eigenvalue weighted by molar-refractivity contribution is 0.174. The second-order valence-electron chi connectivity index (χ2n) is 6.56. The second-order valence-corrected chi connectivity index (χ2v) is 6.56. The van der Waals surface area contributed by atoms with Crippen LogP contribution < -0.4 is 14.8 Å². The van der Waals surface area contributed by atoms with Crippen LogP contribution in [0.5, 0.6) is 11.5 Å². The molecule has 0 fully saturated rings. The molecule has 3 aromatic rings. The Morgan fingerprint density at radius 1 is 0.885 bits per heavy atom. The Morgan fingerprint density at radius 2 is 1.77 bits per heavy atom. The molecule has 0 unspecified atom stereocenters. The normalized spacial score (nSPS) is 13.7. The van der Waals surface area contributed by atoms with E-state index in [9.17, 15) is 0 Å². The van der Waals surface area contributed by atoms with Gasteiger partial charge in [-0.2, -0.15) is 0 Å². The molecule has 0 bridgehead atoms. The third kappa shape index (κ3) is 4.09. The Morgan fingerprint density at radius 3 is 2.62 bits per heavy atom. The van der Waals surface area contributed by atoms with Gasteiger partial charge in [0, 0.05) is 12.5 Å². The minimum Gasteiger partial charge on any atom is -0.469 e. The Bertz CT molecular complexity index is 815. The van der Waals surface area contributed by atoms with E-state index in [1.54, 1.807) is 6.26 Å². The van der Waals surface area contributed by atoms with Crippen LogP contribution in [-0.4, -0.2) is 13.3 Å². The average molecular weight is 349 g/mol. The lowest BCUT2D eigenvalue weighted by Crippen LogP contribution is -2.18. The van der Waals surface area contributed by atoms with Crippen molar-refractivity contribution in [3.05, 3.63) is 83.8 Å². The highest BCUT2D eigenvalue weighted by molar-refractivity contribution is 5.44. The van der Waals surface area contributed by atoms with Crippen LogP contribution in [-0.2, 0) is 13.0 Å². The van der Waals surface area contributed by atoms with Gasteiger partial charge in [0.15, 0.2) is 11.5 Å². The number of ether oxygens (including phenoxy) is 2. The van der Waals surface area contributed by atoms with Gasteiger partial charge in [-0.15, -0.1) is 0 Å². The predicted molar refractivity (Wildman–Crippen MR) is 100 cm³/mol. The summed E-state index contributed by atoms with van der Waals surface area (Å²) in [6.07, 6.45) is 3.76. The van der Waals surface area contributed by atoms with Crippen molar-refractivity contribution in [1.82, 2.24) is 5.32 Å². The van der Waals surface area contributed by atoms with Crippen molar-refractivity contribution in [3.8, 4) is 11.5 Å². The zero-order valence-electron chi connectivity index (χ0n) is 14.7. The first-order valence-corrected chi connectivity index (χ1v) is 9.05. The molecule has 0 amide bonds. The average Bonchev–Trinajstić information content (AvgIpc) is 3.36. The van der Waals surface area contributed by atoms with Crippen molar-refractivity contribution in [2.45, 2.75) is 25.3 Å². The number of furan rings is 1. The van der Waals surface area contributed by atoms with Gasteiger partial charge in [0.25, 0.3) is 0 Å². The fraction of sp³-hybridized carbons (Fsp3) is 0.273. The first kappa shape index (κ1) is 16.7. The van der Waals surface area contributed by atoms with E-state index in [4.69, 9.17) is 13.9 Å². The standard InChI is InChI=1S/C22H23NO3/c1-2-5-17(6-3-1)13-19(20-7-4-12-24-20)10-11-23-15-18-8-9-21-22(14-18)26-16-25-21/h1-9,12,14,19,23H,10-11,13,15-16H2/t19-/m0/s1. The summed E-state index contributed by atoms with van der Waals surface area (Å²) in [7, 11) is 0. The lowest BCUT2D eigenvalue weighted by atomic mass is 9.94. The van der Waals surface area contributed by atoms with Crippen LogP contribution in [0.3, 0.4) is 0 Å². The maximum atomic E-state index is 5.68. The van der Waals surface area contributed by atoms with Crippen LogP contribution in [0.2, 0.25) is 0 Å². The molecule has 0 aliphatic carbocycles. The van der Waals surface area contributed by atoms with Crippen molar-refractivity contribution >= 4 is 0 Å². The molecule has 134 valence electrons. The summed E-state index contributed by atoms with van der Waals surface area (Å²) in [6, 6.07) is 20.7. The lowest BCUT2D eigenvalue weighted by Gasteiger charge is -2.15. The molecule has 0 saturated heterocycles. The molecule has 26 heavy (non-hydrogen) atoms. The minimum atomic E-state index is 0.316. The third-order valence-corrected chi connectivity index (χ3v) is 4.71. The van der Waals surface area contributed by atoms with Gasteiger partial charge in [-0.25, -0.2) is 0 Å². The minimum absolute atomic E-state index is 0.316. The monoisotopic (exact) mass is 349 g/mol. The first-order valence-electron chi connectivity index (χ1n) is 9.05. The van der Waals surface area contributed by atoms with Gasteiger partial charge in [0.2, 0.25) is 6.79 Å². The Kier molecular flexibility index (Phi) is 5.22.